The van der Waals surface area contributed by atoms with Crippen molar-refractivity contribution < 1.29 is 4.74 Å². The molecule has 0 aromatic carbocycles. The van der Waals surface area contributed by atoms with Crippen molar-refractivity contribution in [2.75, 3.05) is 38.2 Å². The minimum absolute atomic E-state index is 0.480. The summed E-state index contributed by atoms with van der Waals surface area (Å²) in [5, 5.41) is 1.14. The predicted molar refractivity (Wildman–Crippen MR) is 75.7 cm³/mol. The Bertz CT molecular complexity index is 228. The Balaban J connectivity index is 1.88. The van der Waals surface area contributed by atoms with E-state index >= 15 is 0 Å². The van der Waals surface area contributed by atoms with E-state index in [2.05, 4.69) is 27.8 Å². The Morgan fingerprint density at radius 1 is 1.35 bits per heavy atom. The largest absolute Gasteiger partial charge is 0.381 e. The average molecular weight is 304 g/mol. The SMILES string of the molecule is CCC1CCCN(CC2(CBr)CCOCC2)C1. The molecule has 0 aromatic heterocycles. The van der Waals surface area contributed by atoms with E-state index in [0.717, 1.165) is 24.5 Å². The van der Waals surface area contributed by atoms with Crippen molar-refractivity contribution in [1.82, 2.24) is 4.90 Å². The number of alkyl halides is 1. The second-order valence-corrected chi connectivity index (χ2v) is 6.46. The second-order valence-electron chi connectivity index (χ2n) is 5.90. The maximum atomic E-state index is 5.52. The zero-order valence-corrected chi connectivity index (χ0v) is 12.7. The molecule has 0 bridgehead atoms. The predicted octanol–water partition coefficient (Wildman–Crippen LogP) is 3.30. The van der Waals surface area contributed by atoms with E-state index in [1.54, 1.807) is 0 Å². The monoisotopic (exact) mass is 303 g/mol. The highest BCUT2D eigenvalue weighted by Crippen LogP contribution is 2.34. The maximum Gasteiger partial charge on any atom is 0.0472 e. The van der Waals surface area contributed by atoms with Gasteiger partial charge in [-0.2, -0.15) is 0 Å². The van der Waals surface area contributed by atoms with Crippen molar-refractivity contribution in [2.24, 2.45) is 11.3 Å². The van der Waals surface area contributed by atoms with Crippen LogP contribution < -0.4 is 0 Å². The van der Waals surface area contributed by atoms with Gasteiger partial charge < -0.3 is 9.64 Å². The summed E-state index contributed by atoms with van der Waals surface area (Å²) in [6, 6.07) is 0. The first-order valence-corrected chi connectivity index (χ1v) is 8.26. The average Bonchev–Trinajstić information content (AvgIpc) is 2.40. The van der Waals surface area contributed by atoms with Gasteiger partial charge in [0.25, 0.3) is 0 Å². The molecule has 2 fully saturated rings. The lowest BCUT2D eigenvalue weighted by Gasteiger charge is -2.42. The Kier molecular flexibility index (Phi) is 5.31. The summed E-state index contributed by atoms with van der Waals surface area (Å²) in [4.78, 5) is 2.71. The molecule has 0 aliphatic carbocycles. The van der Waals surface area contributed by atoms with Crippen molar-refractivity contribution in [3.8, 4) is 0 Å². The number of rotatable bonds is 4. The maximum absolute atomic E-state index is 5.52. The summed E-state index contributed by atoms with van der Waals surface area (Å²) in [7, 11) is 0. The van der Waals surface area contributed by atoms with Gasteiger partial charge in [0.05, 0.1) is 0 Å². The van der Waals surface area contributed by atoms with Gasteiger partial charge in [-0.05, 0) is 43.6 Å². The number of piperidine rings is 1. The van der Waals surface area contributed by atoms with E-state index < -0.39 is 0 Å². The smallest absolute Gasteiger partial charge is 0.0472 e. The van der Waals surface area contributed by atoms with Crippen molar-refractivity contribution in [2.45, 2.75) is 39.0 Å². The van der Waals surface area contributed by atoms with Crippen molar-refractivity contribution in [3.05, 3.63) is 0 Å². The first-order valence-electron chi connectivity index (χ1n) is 7.14. The molecule has 2 heterocycles. The van der Waals surface area contributed by atoms with Crippen LogP contribution in [0.15, 0.2) is 0 Å². The molecule has 1 atom stereocenters. The van der Waals surface area contributed by atoms with Crippen LogP contribution in [-0.2, 0) is 4.74 Å². The van der Waals surface area contributed by atoms with Crippen LogP contribution in [0.1, 0.15) is 39.0 Å². The molecule has 0 spiro atoms. The fourth-order valence-corrected chi connectivity index (χ4v) is 3.98. The Labute approximate surface area is 114 Å². The normalized spacial score (nSPS) is 30.4. The molecule has 100 valence electrons. The van der Waals surface area contributed by atoms with E-state index in [9.17, 15) is 0 Å². The Morgan fingerprint density at radius 3 is 2.76 bits per heavy atom. The molecule has 2 nitrogen and oxygen atoms in total. The number of halogens is 1. The Hall–Kier alpha value is 0.400. The number of ether oxygens (including phenoxy) is 1. The molecule has 0 radical (unpaired) electrons. The van der Waals surface area contributed by atoms with Gasteiger partial charge in [0, 0.05) is 31.6 Å². The molecule has 0 aromatic rings. The van der Waals surface area contributed by atoms with Gasteiger partial charge >= 0.3 is 0 Å². The molecule has 1 unspecified atom stereocenters. The molecule has 2 saturated heterocycles. The highest BCUT2D eigenvalue weighted by molar-refractivity contribution is 9.09. The van der Waals surface area contributed by atoms with Crippen LogP contribution in [0, 0.1) is 11.3 Å². The standard InChI is InChI=1S/C14H26BrNO/c1-2-13-4-3-7-16(10-13)12-14(11-15)5-8-17-9-6-14/h13H,2-12H2,1H3. The first kappa shape index (κ1) is 13.8. The van der Waals surface area contributed by atoms with Gasteiger partial charge in [-0.3, -0.25) is 0 Å². The minimum atomic E-state index is 0.480. The van der Waals surface area contributed by atoms with Crippen LogP contribution in [0.3, 0.4) is 0 Å². The van der Waals surface area contributed by atoms with Crippen LogP contribution in [0.5, 0.6) is 0 Å². The number of likely N-dealkylation sites (tertiary alicyclic amines) is 1. The molecule has 0 amide bonds. The van der Waals surface area contributed by atoms with E-state index in [1.165, 1.54) is 51.7 Å². The quantitative estimate of drug-likeness (QED) is 0.739. The third-order valence-corrected chi connectivity index (χ3v) is 5.77. The van der Waals surface area contributed by atoms with Crippen molar-refractivity contribution in [3.63, 3.8) is 0 Å². The molecule has 0 saturated carbocycles. The lowest BCUT2D eigenvalue weighted by molar-refractivity contribution is 0.00102. The second kappa shape index (κ2) is 6.53. The molecule has 0 N–H and O–H groups in total. The minimum Gasteiger partial charge on any atom is -0.381 e. The molecule has 17 heavy (non-hydrogen) atoms. The zero-order chi connectivity index (χ0) is 12.1. The lowest BCUT2D eigenvalue weighted by atomic mass is 9.81. The molecule has 2 aliphatic heterocycles. The van der Waals surface area contributed by atoms with Crippen LogP contribution >= 0.6 is 15.9 Å². The van der Waals surface area contributed by atoms with Crippen LogP contribution in [0.4, 0.5) is 0 Å². The topological polar surface area (TPSA) is 12.5 Å². The number of hydrogen-bond acceptors (Lipinski definition) is 2. The van der Waals surface area contributed by atoms with Crippen LogP contribution in [-0.4, -0.2) is 43.1 Å². The van der Waals surface area contributed by atoms with Gasteiger partial charge in [0.2, 0.25) is 0 Å². The van der Waals surface area contributed by atoms with E-state index in [4.69, 9.17) is 4.74 Å². The fourth-order valence-electron chi connectivity index (χ4n) is 3.24. The summed E-state index contributed by atoms with van der Waals surface area (Å²) < 4.78 is 5.52. The molecule has 3 heteroatoms. The molecular weight excluding hydrogens is 278 g/mol. The van der Waals surface area contributed by atoms with Crippen LogP contribution in [0.25, 0.3) is 0 Å². The lowest BCUT2D eigenvalue weighted by Crippen LogP contribution is -2.46. The van der Waals surface area contributed by atoms with Gasteiger partial charge in [0.1, 0.15) is 0 Å². The summed E-state index contributed by atoms with van der Waals surface area (Å²) in [5.41, 5.74) is 0.480. The third-order valence-electron chi connectivity index (χ3n) is 4.58. The van der Waals surface area contributed by atoms with Gasteiger partial charge in [-0.1, -0.05) is 29.3 Å². The summed E-state index contributed by atoms with van der Waals surface area (Å²) >= 11 is 3.74. The fraction of sp³-hybridized carbons (Fsp3) is 1.00. The third kappa shape index (κ3) is 3.68. The summed E-state index contributed by atoms with van der Waals surface area (Å²) in [6.45, 7) is 8.16. The van der Waals surface area contributed by atoms with Crippen LogP contribution in [0.2, 0.25) is 0 Å². The number of nitrogens with zero attached hydrogens (tertiary/aromatic N) is 1. The summed E-state index contributed by atoms with van der Waals surface area (Å²) in [5.74, 6) is 0.941. The van der Waals surface area contributed by atoms with E-state index in [-0.39, 0.29) is 0 Å². The Morgan fingerprint density at radius 2 is 2.12 bits per heavy atom. The molecular formula is C14H26BrNO. The first-order chi connectivity index (χ1) is 8.28. The van der Waals surface area contributed by atoms with Gasteiger partial charge in [-0.15, -0.1) is 0 Å². The van der Waals surface area contributed by atoms with E-state index in [1.807, 2.05) is 0 Å². The summed E-state index contributed by atoms with van der Waals surface area (Å²) in [6.07, 6.45) is 6.64. The number of hydrogen-bond donors (Lipinski definition) is 0. The molecule has 2 rings (SSSR count). The van der Waals surface area contributed by atoms with E-state index in [0.29, 0.717) is 5.41 Å². The zero-order valence-electron chi connectivity index (χ0n) is 11.1. The highest BCUT2D eigenvalue weighted by atomic mass is 79.9. The van der Waals surface area contributed by atoms with Gasteiger partial charge in [0.15, 0.2) is 0 Å². The van der Waals surface area contributed by atoms with Crippen molar-refractivity contribution >= 4 is 15.9 Å². The van der Waals surface area contributed by atoms with Gasteiger partial charge in [-0.25, -0.2) is 0 Å². The van der Waals surface area contributed by atoms with Crippen molar-refractivity contribution in [1.29, 1.82) is 0 Å². The molecule has 2 aliphatic rings. The highest BCUT2D eigenvalue weighted by Gasteiger charge is 2.34.